The molecule has 1 fully saturated rings. The molecule has 1 aliphatic carbocycles. The molecule has 0 heterocycles. The molecule has 1 saturated carbocycles. The highest BCUT2D eigenvalue weighted by molar-refractivity contribution is 9.10. The normalized spacial score (nSPS) is 18.2. The van der Waals surface area contributed by atoms with Gasteiger partial charge in [-0.15, -0.1) is 0 Å². The van der Waals surface area contributed by atoms with Crippen molar-refractivity contribution in [1.29, 1.82) is 0 Å². The Bertz CT molecular complexity index is 336. The average molecular weight is 258 g/mol. The van der Waals surface area contributed by atoms with Crippen molar-refractivity contribution in [1.82, 2.24) is 0 Å². The molecular formula is C11H13BrFN. The van der Waals surface area contributed by atoms with E-state index in [1.165, 1.54) is 18.9 Å². The second kappa shape index (κ2) is 3.99. The average Bonchev–Trinajstić information content (AvgIpc) is 2.87. The molecule has 0 spiro atoms. The smallest absolute Gasteiger partial charge is 0.129 e. The molecule has 76 valence electrons. The molecule has 0 amide bonds. The van der Waals surface area contributed by atoms with E-state index >= 15 is 0 Å². The van der Waals surface area contributed by atoms with Crippen molar-refractivity contribution in [3.63, 3.8) is 0 Å². The van der Waals surface area contributed by atoms with Crippen LogP contribution in [-0.4, -0.2) is 0 Å². The lowest BCUT2D eigenvalue weighted by molar-refractivity contribution is 0.542. The molecule has 1 aromatic carbocycles. The standard InChI is InChI=1S/C11H13BrFN/c12-8-3-4-9(10(13)6-8)11(14)5-7-1-2-7/h3-4,6-7,11H,1-2,5,14H2/t11-/m1/s1. The van der Waals surface area contributed by atoms with Crippen LogP contribution in [0.15, 0.2) is 22.7 Å². The Labute approximate surface area is 91.6 Å². The van der Waals surface area contributed by atoms with Crippen LogP contribution in [0.4, 0.5) is 4.39 Å². The quantitative estimate of drug-likeness (QED) is 0.883. The van der Waals surface area contributed by atoms with E-state index in [1.807, 2.05) is 6.07 Å². The largest absolute Gasteiger partial charge is 0.324 e. The highest BCUT2D eigenvalue weighted by Crippen LogP contribution is 2.37. The van der Waals surface area contributed by atoms with Gasteiger partial charge in [-0.1, -0.05) is 34.8 Å². The molecule has 0 radical (unpaired) electrons. The molecule has 1 nitrogen and oxygen atoms in total. The summed E-state index contributed by atoms with van der Waals surface area (Å²) in [5, 5.41) is 0. The molecule has 0 aromatic heterocycles. The minimum Gasteiger partial charge on any atom is -0.324 e. The van der Waals surface area contributed by atoms with Gasteiger partial charge in [-0.2, -0.15) is 0 Å². The van der Waals surface area contributed by atoms with Gasteiger partial charge in [0.05, 0.1) is 0 Å². The molecule has 1 aliphatic rings. The highest BCUT2D eigenvalue weighted by atomic mass is 79.9. The fraction of sp³-hybridized carbons (Fsp3) is 0.455. The first-order valence-electron chi connectivity index (χ1n) is 4.87. The number of halogens is 2. The van der Waals surface area contributed by atoms with Crippen molar-refractivity contribution in [3.05, 3.63) is 34.1 Å². The molecule has 2 rings (SSSR count). The van der Waals surface area contributed by atoms with Gasteiger partial charge in [-0.3, -0.25) is 0 Å². The van der Waals surface area contributed by atoms with Crippen LogP contribution in [0, 0.1) is 11.7 Å². The zero-order chi connectivity index (χ0) is 10.1. The van der Waals surface area contributed by atoms with E-state index in [0.29, 0.717) is 5.56 Å². The van der Waals surface area contributed by atoms with Gasteiger partial charge in [0.15, 0.2) is 0 Å². The van der Waals surface area contributed by atoms with E-state index < -0.39 is 0 Å². The van der Waals surface area contributed by atoms with E-state index in [4.69, 9.17) is 5.73 Å². The Balaban J connectivity index is 2.13. The van der Waals surface area contributed by atoms with Gasteiger partial charge in [-0.25, -0.2) is 4.39 Å². The topological polar surface area (TPSA) is 26.0 Å². The molecule has 14 heavy (non-hydrogen) atoms. The van der Waals surface area contributed by atoms with Crippen LogP contribution < -0.4 is 5.73 Å². The zero-order valence-electron chi connectivity index (χ0n) is 7.84. The maximum atomic E-state index is 13.5. The first-order chi connectivity index (χ1) is 6.66. The lowest BCUT2D eigenvalue weighted by atomic mass is 10.0. The van der Waals surface area contributed by atoms with Crippen LogP contribution in [0.2, 0.25) is 0 Å². The Morgan fingerprint density at radius 2 is 2.21 bits per heavy atom. The molecule has 1 aromatic rings. The summed E-state index contributed by atoms with van der Waals surface area (Å²) in [4.78, 5) is 0. The number of hydrogen-bond donors (Lipinski definition) is 1. The minimum absolute atomic E-state index is 0.143. The summed E-state index contributed by atoms with van der Waals surface area (Å²) in [6.07, 6.45) is 3.43. The fourth-order valence-corrected chi connectivity index (χ4v) is 1.97. The summed E-state index contributed by atoms with van der Waals surface area (Å²) >= 11 is 3.23. The van der Waals surface area contributed by atoms with E-state index in [0.717, 1.165) is 16.8 Å². The lowest BCUT2D eigenvalue weighted by Gasteiger charge is -2.12. The minimum atomic E-state index is -0.201. The van der Waals surface area contributed by atoms with Gasteiger partial charge < -0.3 is 5.73 Å². The summed E-state index contributed by atoms with van der Waals surface area (Å²) in [7, 11) is 0. The van der Waals surface area contributed by atoms with Gasteiger partial charge in [0.2, 0.25) is 0 Å². The maximum Gasteiger partial charge on any atom is 0.129 e. The Hall–Kier alpha value is -0.410. The number of rotatable bonds is 3. The number of benzene rings is 1. The Morgan fingerprint density at radius 3 is 2.79 bits per heavy atom. The predicted octanol–water partition coefficient (Wildman–Crippen LogP) is 3.39. The van der Waals surface area contributed by atoms with Gasteiger partial charge in [-0.05, 0) is 24.5 Å². The maximum absolute atomic E-state index is 13.5. The van der Waals surface area contributed by atoms with Crippen molar-refractivity contribution in [3.8, 4) is 0 Å². The molecule has 0 saturated heterocycles. The van der Waals surface area contributed by atoms with Crippen molar-refractivity contribution in [2.24, 2.45) is 11.7 Å². The van der Waals surface area contributed by atoms with Crippen LogP contribution >= 0.6 is 15.9 Å². The molecule has 0 bridgehead atoms. The third-order valence-electron chi connectivity index (χ3n) is 2.65. The third kappa shape index (κ3) is 2.34. The summed E-state index contributed by atoms with van der Waals surface area (Å²) in [6.45, 7) is 0. The molecule has 2 N–H and O–H groups in total. The van der Waals surface area contributed by atoms with Crippen molar-refractivity contribution >= 4 is 15.9 Å². The van der Waals surface area contributed by atoms with Gasteiger partial charge in [0.25, 0.3) is 0 Å². The first-order valence-corrected chi connectivity index (χ1v) is 5.66. The molecule has 3 heteroatoms. The van der Waals surface area contributed by atoms with Gasteiger partial charge in [0, 0.05) is 16.1 Å². The van der Waals surface area contributed by atoms with E-state index in [2.05, 4.69) is 15.9 Å². The monoisotopic (exact) mass is 257 g/mol. The fourth-order valence-electron chi connectivity index (χ4n) is 1.64. The second-order valence-electron chi connectivity index (χ2n) is 3.95. The first kappa shape index (κ1) is 10.1. The Morgan fingerprint density at radius 1 is 1.50 bits per heavy atom. The lowest BCUT2D eigenvalue weighted by Crippen LogP contribution is -2.12. The second-order valence-corrected chi connectivity index (χ2v) is 4.87. The Kier molecular flexibility index (Phi) is 2.88. The molecule has 1 atom stereocenters. The summed E-state index contributed by atoms with van der Waals surface area (Å²) in [6, 6.07) is 4.94. The molecule has 0 unspecified atom stereocenters. The van der Waals surface area contributed by atoms with Crippen molar-refractivity contribution in [2.45, 2.75) is 25.3 Å². The van der Waals surface area contributed by atoms with E-state index in [-0.39, 0.29) is 11.9 Å². The van der Waals surface area contributed by atoms with Crippen molar-refractivity contribution in [2.75, 3.05) is 0 Å². The predicted molar refractivity (Wildman–Crippen MR) is 58.4 cm³/mol. The van der Waals surface area contributed by atoms with Crippen LogP contribution in [0.5, 0.6) is 0 Å². The SMILES string of the molecule is N[C@H](CC1CC1)c1ccc(Br)cc1F. The zero-order valence-corrected chi connectivity index (χ0v) is 9.43. The summed E-state index contributed by atoms with van der Waals surface area (Å²) in [5.41, 5.74) is 6.57. The van der Waals surface area contributed by atoms with Crippen LogP contribution in [-0.2, 0) is 0 Å². The van der Waals surface area contributed by atoms with Gasteiger partial charge in [0.1, 0.15) is 5.82 Å². The number of nitrogens with two attached hydrogens (primary N) is 1. The number of hydrogen-bond acceptors (Lipinski definition) is 1. The molecular weight excluding hydrogens is 245 g/mol. The third-order valence-corrected chi connectivity index (χ3v) is 3.14. The van der Waals surface area contributed by atoms with Gasteiger partial charge >= 0.3 is 0 Å². The van der Waals surface area contributed by atoms with Crippen LogP contribution in [0.25, 0.3) is 0 Å². The van der Waals surface area contributed by atoms with Crippen LogP contribution in [0.3, 0.4) is 0 Å². The highest BCUT2D eigenvalue weighted by Gasteiger charge is 2.25. The summed E-state index contributed by atoms with van der Waals surface area (Å²) < 4.78 is 14.2. The van der Waals surface area contributed by atoms with Crippen molar-refractivity contribution < 1.29 is 4.39 Å². The van der Waals surface area contributed by atoms with E-state index in [9.17, 15) is 4.39 Å². The van der Waals surface area contributed by atoms with Crippen LogP contribution in [0.1, 0.15) is 30.9 Å². The van der Waals surface area contributed by atoms with E-state index in [1.54, 1.807) is 6.07 Å². The molecule has 0 aliphatic heterocycles. The summed E-state index contributed by atoms with van der Waals surface area (Å²) in [5.74, 6) is 0.528.